The topological polar surface area (TPSA) is 48.1 Å². The van der Waals surface area contributed by atoms with Crippen LogP contribution in [0.5, 0.6) is 5.75 Å². The van der Waals surface area contributed by atoms with Crippen LogP contribution < -0.4 is 10.5 Å². The van der Waals surface area contributed by atoms with E-state index in [1.807, 2.05) is 32.9 Å². The summed E-state index contributed by atoms with van der Waals surface area (Å²) in [4.78, 5) is 4.20. The number of nitrogens with two attached hydrogens (primary N) is 1. The molecule has 1 unspecified atom stereocenters. The Morgan fingerprint density at radius 3 is 2.62 bits per heavy atom. The Morgan fingerprint density at radius 2 is 2.00 bits per heavy atom. The molecule has 1 aromatic carbocycles. The normalized spacial score (nSPS) is 14.0. The molecule has 4 heteroatoms. The third kappa shape index (κ3) is 3.39. The van der Waals surface area contributed by atoms with Gasteiger partial charge in [-0.05, 0) is 49.6 Å². The first-order chi connectivity index (χ1) is 9.95. The second-order valence-corrected chi connectivity index (χ2v) is 5.41. The molecule has 112 valence electrons. The fraction of sp³-hybridized carbons (Fsp3) is 0.353. The molecule has 3 nitrogen and oxygen atoms in total. The molecule has 1 aromatic heterocycles. The number of rotatable bonds is 5. The molecule has 2 aromatic rings. The summed E-state index contributed by atoms with van der Waals surface area (Å²) in [6.07, 6.45) is 4.06. The van der Waals surface area contributed by atoms with Crippen LogP contribution in [-0.4, -0.2) is 11.1 Å². The number of hydrogen-bond donors (Lipinski definition) is 1. The van der Waals surface area contributed by atoms with E-state index in [0.717, 1.165) is 11.1 Å². The summed E-state index contributed by atoms with van der Waals surface area (Å²) in [6.45, 7) is 5.88. The third-order valence-corrected chi connectivity index (χ3v) is 3.50. The summed E-state index contributed by atoms with van der Waals surface area (Å²) < 4.78 is 19.2. The lowest BCUT2D eigenvalue weighted by Crippen LogP contribution is -2.37. The Morgan fingerprint density at radius 1 is 1.24 bits per heavy atom. The zero-order valence-corrected chi connectivity index (χ0v) is 12.6. The fourth-order valence-electron chi connectivity index (χ4n) is 2.34. The van der Waals surface area contributed by atoms with Gasteiger partial charge in [-0.2, -0.15) is 0 Å². The lowest BCUT2D eigenvalue weighted by Gasteiger charge is -2.29. The first kappa shape index (κ1) is 15.4. The monoisotopic (exact) mass is 288 g/mol. The van der Waals surface area contributed by atoms with Gasteiger partial charge in [-0.25, -0.2) is 4.39 Å². The highest BCUT2D eigenvalue weighted by molar-refractivity contribution is 5.39. The van der Waals surface area contributed by atoms with Gasteiger partial charge in [-0.15, -0.1) is 0 Å². The van der Waals surface area contributed by atoms with Gasteiger partial charge in [0.1, 0.15) is 11.6 Å². The van der Waals surface area contributed by atoms with Crippen molar-refractivity contribution in [3.8, 4) is 5.75 Å². The lowest BCUT2D eigenvalue weighted by atomic mass is 9.82. The molecule has 0 saturated heterocycles. The smallest absolute Gasteiger partial charge is 0.138 e. The zero-order chi connectivity index (χ0) is 15.5. The lowest BCUT2D eigenvalue weighted by molar-refractivity contribution is 0.241. The molecule has 0 aliphatic heterocycles. The Bertz CT molecular complexity index is 615. The van der Waals surface area contributed by atoms with E-state index in [9.17, 15) is 4.39 Å². The molecule has 0 amide bonds. The molecule has 0 aliphatic carbocycles. The van der Waals surface area contributed by atoms with Crippen LogP contribution in [0.3, 0.4) is 0 Å². The van der Waals surface area contributed by atoms with Gasteiger partial charge in [0.15, 0.2) is 0 Å². The van der Waals surface area contributed by atoms with E-state index in [1.165, 1.54) is 12.1 Å². The predicted molar refractivity (Wildman–Crippen MR) is 81.7 cm³/mol. The summed E-state index contributed by atoms with van der Waals surface area (Å²) >= 11 is 0. The summed E-state index contributed by atoms with van der Waals surface area (Å²) in [5.41, 5.74) is 7.30. The van der Waals surface area contributed by atoms with E-state index in [1.54, 1.807) is 18.5 Å². The van der Waals surface area contributed by atoms with E-state index in [-0.39, 0.29) is 11.9 Å². The van der Waals surface area contributed by atoms with Crippen molar-refractivity contribution in [3.05, 3.63) is 59.7 Å². The number of ether oxygens (including phenoxy) is 1. The molecule has 21 heavy (non-hydrogen) atoms. The van der Waals surface area contributed by atoms with Crippen LogP contribution in [0.15, 0.2) is 42.7 Å². The van der Waals surface area contributed by atoms with Crippen LogP contribution in [0, 0.1) is 5.82 Å². The molecule has 0 radical (unpaired) electrons. The van der Waals surface area contributed by atoms with Crippen molar-refractivity contribution in [2.45, 2.75) is 38.8 Å². The van der Waals surface area contributed by atoms with Crippen LogP contribution in [-0.2, 0) is 5.54 Å². The highest BCUT2D eigenvalue weighted by Crippen LogP contribution is 2.32. The average Bonchev–Trinajstić information content (AvgIpc) is 2.46. The standard InChI is InChI=1S/C17H21FN2O/c1-4-17(19,13-6-5-7-15(18)8-13)14-9-16(11-20-10-14)21-12(2)3/h5-12H,4,19H2,1-3H3. The van der Waals surface area contributed by atoms with Gasteiger partial charge in [-0.3, -0.25) is 4.98 Å². The molecular weight excluding hydrogens is 267 g/mol. The average molecular weight is 288 g/mol. The van der Waals surface area contributed by atoms with E-state index in [2.05, 4.69) is 4.98 Å². The first-order valence-electron chi connectivity index (χ1n) is 7.13. The van der Waals surface area contributed by atoms with Gasteiger partial charge in [-0.1, -0.05) is 19.1 Å². The SMILES string of the molecule is CCC(N)(c1cccc(F)c1)c1cncc(OC(C)C)c1. The van der Waals surface area contributed by atoms with Crippen molar-refractivity contribution < 1.29 is 9.13 Å². The summed E-state index contributed by atoms with van der Waals surface area (Å²) in [7, 11) is 0. The summed E-state index contributed by atoms with van der Waals surface area (Å²) in [6, 6.07) is 8.27. The second kappa shape index (κ2) is 6.22. The van der Waals surface area contributed by atoms with Gasteiger partial charge >= 0.3 is 0 Å². The maximum Gasteiger partial charge on any atom is 0.138 e. The molecule has 1 atom stereocenters. The van der Waals surface area contributed by atoms with Crippen LogP contribution in [0.2, 0.25) is 0 Å². The molecule has 2 rings (SSSR count). The van der Waals surface area contributed by atoms with Crippen LogP contribution in [0.1, 0.15) is 38.3 Å². The number of halogens is 1. The van der Waals surface area contributed by atoms with Crippen molar-refractivity contribution >= 4 is 0 Å². The minimum atomic E-state index is -0.786. The van der Waals surface area contributed by atoms with Crippen molar-refractivity contribution in [1.82, 2.24) is 4.98 Å². The number of nitrogens with zero attached hydrogens (tertiary/aromatic N) is 1. The summed E-state index contributed by atoms with van der Waals surface area (Å²) in [5, 5.41) is 0. The fourth-order valence-corrected chi connectivity index (χ4v) is 2.34. The van der Waals surface area contributed by atoms with Crippen molar-refractivity contribution in [1.29, 1.82) is 0 Å². The number of aromatic nitrogens is 1. The van der Waals surface area contributed by atoms with Gasteiger partial charge in [0, 0.05) is 6.20 Å². The van der Waals surface area contributed by atoms with Gasteiger partial charge < -0.3 is 10.5 Å². The molecular formula is C17H21FN2O. The van der Waals surface area contributed by atoms with E-state index in [0.29, 0.717) is 12.2 Å². The number of pyridine rings is 1. The maximum absolute atomic E-state index is 13.5. The zero-order valence-electron chi connectivity index (χ0n) is 12.6. The van der Waals surface area contributed by atoms with Gasteiger partial charge in [0.25, 0.3) is 0 Å². The molecule has 0 aliphatic rings. The van der Waals surface area contributed by atoms with E-state index in [4.69, 9.17) is 10.5 Å². The minimum Gasteiger partial charge on any atom is -0.489 e. The quantitative estimate of drug-likeness (QED) is 0.914. The third-order valence-electron chi connectivity index (χ3n) is 3.50. The molecule has 1 heterocycles. The van der Waals surface area contributed by atoms with Crippen LogP contribution in [0.4, 0.5) is 4.39 Å². The first-order valence-corrected chi connectivity index (χ1v) is 7.13. The van der Waals surface area contributed by atoms with Crippen LogP contribution >= 0.6 is 0 Å². The molecule has 0 fully saturated rings. The largest absolute Gasteiger partial charge is 0.489 e. The van der Waals surface area contributed by atoms with Crippen LogP contribution in [0.25, 0.3) is 0 Å². The number of benzene rings is 1. The van der Waals surface area contributed by atoms with Gasteiger partial charge in [0.05, 0.1) is 17.8 Å². The Hall–Kier alpha value is -1.94. The Labute approximate surface area is 125 Å². The van der Waals surface area contributed by atoms with Crippen molar-refractivity contribution in [2.24, 2.45) is 5.73 Å². The Balaban J connectivity index is 2.45. The van der Waals surface area contributed by atoms with Gasteiger partial charge in [0.2, 0.25) is 0 Å². The van der Waals surface area contributed by atoms with Crippen molar-refractivity contribution in [3.63, 3.8) is 0 Å². The summed E-state index contributed by atoms with van der Waals surface area (Å²) in [5.74, 6) is 0.375. The minimum absolute atomic E-state index is 0.0602. The highest BCUT2D eigenvalue weighted by Gasteiger charge is 2.28. The van der Waals surface area contributed by atoms with Crippen molar-refractivity contribution in [2.75, 3.05) is 0 Å². The Kier molecular flexibility index (Phi) is 4.58. The maximum atomic E-state index is 13.5. The highest BCUT2D eigenvalue weighted by atomic mass is 19.1. The van der Waals surface area contributed by atoms with E-state index >= 15 is 0 Å². The number of hydrogen-bond acceptors (Lipinski definition) is 3. The van der Waals surface area contributed by atoms with E-state index < -0.39 is 5.54 Å². The second-order valence-electron chi connectivity index (χ2n) is 5.41. The predicted octanol–water partition coefficient (Wildman–Crippen LogP) is 3.62. The molecule has 2 N–H and O–H groups in total. The molecule has 0 bridgehead atoms. The molecule has 0 saturated carbocycles. The molecule has 0 spiro atoms.